The molecule has 2 rings (SSSR count). The minimum Gasteiger partial charge on any atom is -0.376 e. The Bertz CT molecular complexity index is 646. The highest BCUT2D eigenvalue weighted by Gasteiger charge is 2.02. The first-order chi connectivity index (χ1) is 9.66. The Morgan fingerprint density at radius 1 is 1.40 bits per heavy atom. The topological polar surface area (TPSA) is 54.1 Å². The summed E-state index contributed by atoms with van der Waals surface area (Å²) < 4.78 is 5.39. The number of aromatic amines is 1. The third-order valence-corrected chi connectivity index (χ3v) is 2.92. The van der Waals surface area contributed by atoms with Gasteiger partial charge in [-0.05, 0) is 24.4 Å². The van der Waals surface area contributed by atoms with Crippen molar-refractivity contribution >= 4 is 10.9 Å². The van der Waals surface area contributed by atoms with E-state index in [1.54, 1.807) is 0 Å². The molecular weight excluding hydrogens is 252 g/mol. The number of hydrogen-bond donors (Lipinski definition) is 2. The van der Waals surface area contributed by atoms with Crippen molar-refractivity contribution in [1.82, 2.24) is 10.3 Å². The summed E-state index contributed by atoms with van der Waals surface area (Å²) in [6.07, 6.45) is 0. The van der Waals surface area contributed by atoms with Gasteiger partial charge in [0.05, 0.1) is 13.2 Å². The molecule has 0 unspecified atom stereocenters. The van der Waals surface area contributed by atoms with E-state index in [1.807, 2.05) is 37.3 Å². The summed E-state index contributed by atoms with van der Waals surface area (Å²) in [5.74, 6) is 0. The number of nitrogens with one attached hydrogen (secondary N) is 2. The first-order valence-electron chi connectivity index (χ1n) is 6.70. The first-order valence-corrected chi connectivity index (χ1v) is 6.70. The molecule has 0 bridgehead atoms. The summed E-state index contributed by atoms with van der Waals surface area (Å²) in [7, 11) is 0. The normalized spacial score (nSPS) is 10.8. The van der Waals surface area contributed by atoms with Crippen LogP contribution in [0.2, 0.25) is 0 Å². The minimum atomic E-state index is -0.0425. The second-order valence-electron chi connectivity index (χ2n) is 4.90. The van der Waals surface area contributed by atoms with Crippen molar-refractivity contribution in [2.45, 2.75) is 13.5 Å². The van der Waals surface area contributed by atoms with Gasteiger partial charge in [0.1, 0.15) is 0 Å². The molecule has 4 heteroatoms. The molecular formula is C16H20N2O2. The van der Waals surface area contributed by atoms with E-state index in [4.69, 9.17) is 4.74 Å². The predicted molar refractivity (Wildman–Crippen MR) is 81.9 cm³/mol. The van der Waals surface area contributed by atoms with Crippen molar-refractivity contribution in [1.29, 1.82) is 0 Å². The average molecular weight is 272 g/mol. The molecule has 1 heterocycles. The van der Waals surface area contributed by atoms with Crippen molar-refractivity contribution < 1.29 is 4.74 Å². The molecule has 106 valence electrons. The molecule has 2 aromatic rings. The van der Waals surface area contributed by atoms with Crippen LogP contribution in [0.25, 0.3) is 10.9 Å². The van der Waals surface area contributed by atoms with E-state index in [0.29, 0.717) is 26.3 Å². The molecule has 0 aliphatic carbocycles. The summed E-state index contributed by atoms with van der Waals surface area (Å²) in [5.41, 5.74) is 2.57. The lowest BCUT2D eigenvalue weighted by atomic mass is 10.1. The lowest BCUT2D eigenvalue weighted by molar-refractivity contribution is 0.157. The summed E-state index contributed by atoms with van der Waals surface area (Å²) in [6, 6.07) is 9.69. The fourth-order valence-corrected chi connectivity index (χ4v) is 1.94. The lowest BCUT2D eigenvalue weighted by Crippen LogP contribution is -2.24. The van der Waals surface area contributed by atoms with Gasteiger partial charge < -0.3 is 15.0 Å². The van der Waals surface area contributed by atoms with Gasteiger partial charge in [-0.3, -0.25) is 4.79 Å². The third kappa shape index (κ3) is 4.05. The second-order valence-corrected chi connectivity index (χ2v) is 4.90. The molecule has 0 atom stereocenters. The predicted octanol–water partition coefficient (Wildman–Crippen LogP) is 2.21. The molecule has 0 spiro atoms. The molecule has 0 fully saturated rings. The average Bonchev–Trinajstić information content (AvgIpc) is 2.42. The Morgan fingerprint density at radius 2 is 2.20 bits per heavy atom. The summed E-state index contributed by atoms with van der Waals surface area (Å²) in [6.45, 7) is 8.14. The van der Waals surface area contributed by atoms with Crippen LogP contribution < -0.4 is 10.9 Å². The van der Waals surface area contributed by atoms with Gasteiger partial charge in [-0.1, -0.05) is 30.4 Å². The fraction of sp³-hybridized carbons (Fsp3) is 0.312. The molecule has 0 aliphatic rings. The summed E-state index contributed by atoms with van der Waals surface area (Å²) >= 11 is 0. The van der Waals surface area contributed by atoms with E-state index in [-0.39, 0.29) is 5.56 Å². The number of benzene rings is 1. The molecule has 2 N–H and O–H groups in total. The largest absolute Gasteiger partial charge is 0.376 e. The molecule has 1 aromatic heterocycles. The van der Waals surface area contributed by atoms with E-state index in [1.165, 1.54) is 0 Å². The third-order valence-electron chi connectivity index (χ3n) is 2.92. The van der Waals surface area contributed by atoms with E-state index >= 15 is 0 Å². The van der Waals surface area contributed by atoms with Crippen molar-refractivity contribution in [3.05, 3.63) is 58.4 Å². The first kappa shape index (κ1) is 14.5. The van der Waals surface area contributed by atoms with Gasteiger partial charge in [0.25, 0.3) is 5.56 Å². The molecule has 0 amide bonds. The molecule has 0 radical (unpaired) electrons. The Morgan fingerprint density at radius 3 is 3.00 bits per heavy atom. The SMILES string of the molecule is C=C(C)COCCNCc1cc2ccccc2[nH]c1=O. The number of rotatable bonds is 7. The van der Waals surface area contributed by atoms with Crippen LogP contribution in [0.3, 0.4) is 0 Å². The maximum Gasteiger partial charge on any atom is 0.252 e. The van der Waals surface area contributed by atoms with Gasteiger partial charge in [0.2, 0.25) is 0 Å². The van der Waals surface area contributed by atoms with Crippen LogP contribution in [0.15, 0.2) is 47.3 Å². The zero-order chi connectivity index (χ0) is 14.4. The molecule has 0 aliphatic heterocycles. The summed E-state index contributed by atoms with van der Waals surface area (Å²) in [4.78, 5) is 14.8. The smallest absolute Gasteiger partial charge is 0.252 e. The quantitative estimate of drug-likeness (QED) is 0.600. The van der Waals surface area contributed by atoms with E-state index < -0.39 is 0 Å². The van der Waals surface area contributed by atoms with Crippen molar-refractivity contribution in [2.24, 2.45) is 0 Å². The Hall–Kier alpha value is -1.91. The Balaban J connectivity index is 1.88. The standard InChI is InChI=1S/C16H20N2O2/c1-12(2)11-20-8-7-17-10-14-9-13-5-3-4-6-15(13)18-16(14)19/h3-6,9,17H,1,7-8,10-11H2,2H3,(H,18,19). The molecule has 20 heavy (non-hydrogen) atoms. The molecule has 1 aromatic carbocycles. The van der Waals surface area contributed by atoms with Gasteiger partial charge in [0.15, 0.2) is 0 Å². The van der Waals surface area contributed by atoms with E-state index in [2.05, 4.69) is 16.9 Å². The van der Waals surface area contributed by atoms with Crippen LogP contribution in [0.5, 0.6) is 0 Å². The molecule has 0 saturated heterocycles. The van der Waals surface area contributed by atoms with Crippen LogP contribution >= 0.6 is 0 Å². The maximum atomic E-state index is 11.9. The minimum absolute atomic E-state index is 0.0425. The van der Waals surface area contributed by atoms with Gasteiger partial charge in [-0.25, -0.2) is 0 Å². The number of para-hydroxylation sites is 1. The van der Waals surface area contributed by atoms with Crippen molar-refractivity contribution in [3.63, 3.8) is 0 Å². The van der Waals surface area contributed by atoms with Crippen LogP contribution in [0.1, 0.15) is 12.5 Å². The number of fused-ring (bicyclic) bond motifs is 1. The van der Waals surface area contributed by atoms with Crippen molar-refractivity contribution in [3.8, 4) is 0 Å². The van der Waals surface area contributed by atoms with Crippen molar-refractivity contribution in [2.75, 3.05) is 19.8 Å². The summed E-state index contributed by atoms with van der Waals surface area (Å²) in [5, 5.41) is 4.25. The zero-order valence-electron chi connectivity index (χ0n) is 11.7. The van der Waals surface area contributed by atoms with Crippen LogP contribution in [0.4, 0.5) is 0 Å². The number of hydrogen-bond acceptors (Lipinski definition) is 3. The number of H-pyrrole nitrogens is 1. The van der Waals surface area contributed by atoms with Gasteiger partial charge in [-0.2, -0.15) is 0 Å². The highest BCUT2D eigenvalue weighted by Crippen LogP contribution is 2.09. The Labute approximate surface area is 118 Å². The Kier molecular flexibility index (Phi) is 5.09. The van der Waals surface area contributed by atoms with Gasteiger partial charge >= 0.3 is 0 Å². The lowest BCUT2D eigenvalue weighted by Gasteiger charge is -2.06. The van der Waals surface area contributed by atoms with Gasteiger partial charge in [-0.15, -0.1) is 0 Å². The van der Waals surface area contributed by atoms with Crippen LogP contribution in [0, 0.1) is 0 Å². The van der Waals surface area contributed by atoms with Crippen LogP contribution in [-0.2, 0) is 11.3 Å². The van der Waals surface area contributed by atoms with E-state index in [0.717, 1.165) is 22.0 Å². The highest BCUT2D eigenvalue weighted by atomic mass is 16.5. The molecule has 0 saturated carbocycles. The second kappa shape index (κ2) is 7.03. The van der Waals surface area contributed by atoms with Crippen LogP contribution in [-0.4, -0.2) is 24.7 Å². The fourth-order valence-electron chi connectivity index (χ4n) is 1.94. The molecule has 4 nitrogen and oxygen atoms in total. The maximum absolute atomic E-state index is 11.9. The zero-order valence-corrected chi connectivity index (χ0v) is 11.7. The highest BCUT2D eigenvalue weighted by molar-refractivity contribution is 5.78. The number of pyridine rings is 1. The van der Waals surface area contributed by atoms with Gasteiger partial charge in [0, 0.05) is 24.2 Å². The number of aromatic nitrogens is 1. The monoisotopic (exact) mass is 272 g/mol. The number of ether oxygens (including phenoxy) is 1. The van der Waals surface area contributed by atoms with E-state index in [9.17, 15) is 4.79 Å².